The van der Waals surface area contributed by atoms with E-state index in [9.17, 15) is 9.18 Å². The zero-order chi connectivity index (χ0) is 13.8. The van der Waals surface area contributed by atoms with Crippen molar-refractivity contribution in [1.29, 1.82) is 0 Å². The number of aromatic nitrogens is 1. The summed E-state index contributed by atoms with van der Waals surface area (Å²) in [5, 5.41) is 3.60. The summed E-state index contributed by atoms with van der Waals surface area (Å²) in [5.74, 6) is -0.456. The molecule has 0 radical (unpaired) electrons. The molecule has 102 valence electrons. The van der Waals surface area contributed by atoms with Gasteiger partial charge in [0, 0.05) is 30.2 Å². The fraction of sp³-hybridized carbons (Fsp3) is 0.308. The fourth-order valence-corrected chi connectivity index (χ4v) is 1.97. The second-order valence-corrected chi connectivity index (χ2v) is 4.42. The molecule has 1 heterocycles. The van der Waals surface area contributed by atoms with Crippen LogP contribution in [-0.2, 0) is 11.2 Å². The second-order valence-electron chi connectivity index (χ2n) is 4.42. The predicted molar refractivity (Wildman–Crippen MR) is 72.0 cm³/mol. The molecule has 19 heavy (non-hydrogen) atoms. The number of carbonyl (C=O) groups is 1. The van der Waals surface area contributed by atoms with Gasteiger partial charge in [-0.15, -0.1) is 0 Å². The summed E-state index contributed by atoms with van der Waals surface area (Å²) in [6.07, 6.45) is 1.92. The molecule has 0 aliphatic carbocycles. The second kappa shape index (κ2) is 5.81. The third kappa shape index (κ3) is 3.10. The van der Waals surface area contributed by atoms with Gasteiger partial charge in [0.15, 0.2) is 0 Å². The maximum Gasteiger partial charge on any atom is 0.224 e. The summed E-state index contributed by atoms with van der Waals surface area (Å²) in [7, 11) is 0. The number of hydrogen-bond donors (Lipinski definition) is 4. The number of halogens is 1. The van der Waals surface area contributed by atoms with Crippen molar-refractivity contribution in [3.8, 4) is 0 Å². The van der Waals surface area contributed by atoms with E-state index in [-0.39, 0.29) is 24.2 Å². The standard InChI is InChI=1S/C13H17FN4O/c14-9-1-2-11-8(7-17-12(11)4-9)3-13(19)18-10(5-15)6-16/h1-2,4,7,10,17H,3,5-6,15-16H2,(H,18,19). The zero-order valence-electron chi connectivity index (χ0n) is 10.4. The summed E-state index contributed by atoms with van der Waals surface area (Å²) < 4.78 is 13.0. The van der Waals surface area contributed by atoms with Crippen LogP contribution in [0.5, 0.6) is 0 Å². The Kier molecular flexibility index (Phi) is 4.13. The Labute approximate surface area is 110 Å². The molecule has 0 unspecified atom stereocenters. The molecule has 5 nitrogen and oxygen atoms in total. The van der Waals surface area contributed by atoms with E-state index in [4.69, 9.17) is 11.5 Å². The predicted octanol–water partition coefficient (Wildman–Crippen LogP) is 0.252. The molecule has 2 rings (SSSR count). The van der Waals surface area contributed by atoms with Gasteiger partial charge in [0.05, 0.1) is 12.5 Å². The van der Waals surface area contributed by atoms with Crippen molar-refractivity contribution in [3.05, 3.63) is 35.8 Å². The molecule has 2 aromatic rings. The molecule has 6 N–H and O–H groups in total. The minimum atomic E-state index is -0.309. The lowest BCUT2D eigenvalue weighted by Gasteiger charge is -2.14. The highest BCUT2D eigenvalue weighted by Gasteiger charge is 2.12. The number of amides is 1. The van der Waals surface area contributed by atoms with Gasteiger partial charge in [-0.3, -0.25) is 4.79 Å². The number of nitrogens with one attached hydrogen (secondary N) is 2. The van der Waals surface area contributed by atoms with E-state index in [1.54, 1.807) is 12.3 Å². The first-order chi connectivity index (χ1) is 9.13. The first-order valence-electron chi connectivity index (χ1n) is 6.09. The lowest BCUT2D eigenvalue weighted by Crippen LogP contribution is -2.45. The minimum Gasteiger partial charge on any atom is -0.361 e. The van der Waals surface area contributed by atoms with Crippen LogP contribution in [0, 0.1) is 5.82 Å². The van der Waals surface area contributed by atoms with Gasteiger partial charge in [0.1, 0.15) is 5.82 Å². The molecule has 0 atom stereocenters. The number of rotatable bonds is 5. The van der Waals surface area contributed by atoms with Crippen LogP contribution in [0.1, 0.15) is 5.56 Å². The average Bonchev–Trinajstić information content (AvgIpc) is 2.78. The number of fused-ring (bicyclic) bond motifs is 1. The normalized spacial score (nSPS) is 11.2. The van der Waals surface area contributed by atoms with Crippen LogP contribution in [0.15, 0.2) is 24.4 Å². The smallest absolute Gasteiger partial charge is 0.224 e. The van der Waals surface area contributed by atoms with Crippen LogP contribution < -0.4 is 16.8 Å². The number of hydrogen-bond acceptors (Lipinski definition) is 3. The highest BCUT2D eigenvalue weighted by molar-refractivity contribution is 5.89. The third-order valence-corrected chi connectivity index (χ3v) is 3.01. The van der Waals surface area contributed by atoms with Crippen molar-refractivity contribution in [1.82, 2.24) is 10.3 Å². The Morgan fingerprint density at radius 3 is 2.79 bits per heavy atom. The number of H-pyrrole nitrogens is 1. The zero-order valence-corrected chi connectivity index (χ0v) is 10.4. The van der Waals surface area contributed by atoms with Crippen molar-refractivity contribution >= 4 is 16.8 Å². The van der Waals surface area contributed by atoms with Crippen LogP contribution in [0.4, 0.5) is 4.39 Å². The number of nitrogens with two attached hydrogens (primary N) is 2. The Balaban J connectivity index is 2.11. The minimum absolute atomic E-state index is 0.147. The van der Waals surface area contributed by atoms with Gasteiger partial charge in [0.2, 0.25) is 5.91 Å². The maximum absolute atomic E-state index is 13.0. The molecule has 6 heteroatoms. The van der Waals surface area contributed by atoms with Crippen molar-refractivity contribution in [2.75, 3.05) is 13.1 Å². The van der Waals surface area contributed by atoms with Crippen molar-refractivity contribution in [2.24, 2.45) is 11.5 Å². The van der Waals surface area contributed by atoms with Crippen molar-refractivity contribution < 1.29 is 9.18 Å². The van der Waals surface area contributed by atoms with Crippen LogP contribution >= 0.6 is 0 Å². The van der Waals surface area contributed by atoms with E-state index in [1.807, 2.05) is 0 Å². The van der Waals surface area contributed by atoms with Gasteiger partial charge in [-0.25, -0.2) is 4.39 Å². The highest BCUT2D eigenvalue weighted by atomic mass is 19.1. The van der Waals surface area contributed by atoms with E-state index >= 15 is 0 Å². The molecule has 1 aromatic heterocycles. The number of carbonyl (C=O) groups excluding carboxylic acids is 1. The van der Waals surface area contributed by atoms with E-state index < -0.39 is 0 Å². The molecular weight excluding hydrogens is 247 g/mol. The van der Waals surface area contributed by atoms with Gasteiger partial charge < -0.3 is 21.8 Å². The quantitative estimate of drug-likeness (QED) is 0.623. The van der Waals surface area contributed by atoms with Gasteiger partial charge in [-0.2, -0.15) is 0 Å². The monoisotopic (exact) mass is 264 g/mol. The SMILES string of the molecule is NCC(CN)NC(=O)Cc1c[nH]c2cc(F)ccc12. The van der Waals surface area contributed by atoms with E-state index in [0.29, 0.717) is 18.6 Å². The summed E-state index contributed by atoms with van der Waals surface area (Å²) in [6, 6.07) is 4.22. The van der Waals surface area contributed by atoms with Gasteiger partial charge >= 0.3 is 0 Å². The van der Waals surface area contributed by atoms with Gasteiger partial charge in [-0.1, -0.05) is 0 Å². The Morgan fingerprint density at radius 1 is 1.37 bits per heavy atom. The first-order valence-corrected chi connectivity index (χ1v) is 6.09. The molecule has 0 aliphatic rings. The number of aromatic amines is 1. The summed E-state index contributed by atoms with van der Waals surface area (Å²) >= 11 is 0. The van der Waals surface area contributed by atoms with Crippen molar-refractivity contribution in [3.63, 3.8) is 0 Å². The lowest BCUT2D eigenvalue weighted by molar-refractivity contribution is -0.121. The molecule has 1 amide bonds. The van der Waals surface area contributed by atoms with Crippen LogP contribution in [-0.4, -0.2) is 30.0 Å². The van der Waals surface area contributed by atoms with Crippen LogP contribution in [0.3, 0.4) is 0 Å². The highest BCUT2D eigenvalue weighted by Crippen LogP contribution is 2.19. The topological polar surface area (TPSA) is 96.9 Å². The van der Waals surface area contributed by atoms with E-state index in [2.05, 4.69) is 10.3 Å². The fourth-order valence-electron chi connectivity index (χ4n) is 1.97. The van der Waals surface area contributed by atoms with Gasteiger partial charge in [0.25, 0.3) is 0 Å². The third-order valence-electron chi connectivity index (χ3n) is 3.01. The Hall–Kier alpha value is -1.92. The molecule has 0 aliphatic heterocycles. The first kappa shape index (κ1) is 13.5. The summed E-state index contributed by atoms with van der Waals surface area (Å²) in [6.45, 7) is 0.614. The van der Waals surface area contributed by atoms with E-state index in [1.165, 1.54) is 12.1 Å². The summed E-state index contributed by atoms with van der Waals surface area (Å²) in [4.78, 5) is 14.8. The Bertz CT molecular complexity index is 577. The van der Waals surface area contributed by atoms with Crippen LogP contribution in [0.25, 0.3) is 10.9 Å². The molecule has 0 saturated heterocycles. The van der Waals surface area contributed by atoms with Gasteiger partial charge in [-0.05, 0) is 23.8 Å². The maximum atomic E-state index is 13.0. The molecule has 0 saturated carbocycles. The van der Waals surface area contributed by atoms with Crippen LogP contribution in [0.2, 0.25) is 0 Å². The molecule has 1 aromatic carbocycles. The Morgan fingerprint density at radius 2 is 2.11 bits per heavy atom. The lowest BCUT2D eigenvalue weighted by atomic mass is 10.1. The van der Waals surface area contributed by atoms with Crippen molar-refractivity contribution in [2.45, 2.75) is 12.5 Å². The number of benzene rings is 1. The average molecular weight is 264 g/mol. The molecule has 0 spiro atoms. The molecular formula is C13H17FN4O. The molecule has 0 fully saturated rings. The largest absolute Gasteiger partial charge is 0.361 e. The summed E-state index contributed by atoms with van der Waals surface area (Å²) in [5.41, 5.74) is 12.4. The van der Waals surface area contributed by atoms with E-state index in [0.717, 1.165) is 10.9 Å². The molecule has 0 bridgehead atoms.